The zero-order valence-electron chi connectivity index (χ0n) is 9.50. The Morgan fingerprint density at radius 3 is 1.93 bits per heavy atom. The highest BCUT2D eigenvalue weighted by Crippen LogP contribution is 2.19. The minimum atomic E-state index is -1.47. The van der Waals surface area contributed by atoms with Crippen molar-refractivity contribution in [1.82, 2.24) is 0 Å². The zero-order valence-corrected chi connectivity index (χ0v) is 10.3. The van der Waals surface area contributed by atoms with E-state index in [1.807, 2.05) is 0 Å². The molecule has 90 valence electrons. The van der Waals surface area contributed by atoms with Crippen molar-refractivity contribution in [2.75, 3.05) is 5.88 Å². The molecular weight excluding hydrogens is 218 g/mol. The van der Waals surface area contributed by atoms with Crippen LogP contribution in [0.25, 0.3) is 0 Å². The summed E-state index contributed by atoms with van der Waals surface area (Å²) in [5.74, 6) is 0.732. The Labute approximate surface area is 96.7 Å². The molecule has 0 aromatic carbocycles. The third-order valence-corrected chi connectivity index (χ3v) is 2.82. The average molecular weight is 239 g/mol. The van der Waals surface area contributed by atoms with Crippen molar-refractivity contribution in [3.63, 3.8) is 0 Å². The Morgan fingerprint density at radius 2 is 1.47 bits per heavy atom. The summed E-state index contributed by atoms with van der Waals surface area (Å²) >= 11 is 5.55. The maximum Gasteiger partial charge on any atom is 0.269 e. The van der Waals surface area contributed by atoms with Crippen LogP contribution in [-0.4, -0.2) is 5.88 Å². The van der Waals surface area contributed by atoms with E-state index in [1.54, 1.807) is 6.92 Å². The van der Waals surface area contributed by atoms with Gasteiger partial charge in [0.05, 0.1) is 0 Å². The first-order valence-corrected chi connectivity index (χ1v) is 6.34. The molecular formula is C12H21ClF2. The van der Waals surface area contributed by atoms with Crippen molar-refractivity contribution in [3.8, 4) is 0 Å². The van der Waals surface area contributed by atoms with Crippen molar-refractivity contribution < 1.29 is 8.78 Å². The van der Waals surface area contributed by atoms with E-state index in [-0.39, 0.29) is 0 Å². The molecule has 0 bridgehead atoms. The maximum absolute atomic E-state index is 12.2. The highest BCUT2D eigenvalue weighted by atomic mass is 35.5. The third kappa shape index (κ3) is 8.86. The Bertz CT molecular complexity index is 174. The SMILES string of the molecule is CCC(CCCCCCCCCl)=C(F)F. The predicted octanol–water partition coefficient (Wildman–Crippen LogP) is 5.52. The van der Waals surface area contributed by atoms with Crippen LogP contribution in [0.4, 0.5) is 8.78 Å². The topological polar surface area (TPSA) is 0 Å². The zero-order chi connectivity index (χ0) is 11.5. The van der Waals surface area contributed by atoms with Gasteiger partial charge in [-0.15, -0.1) is 11.6 Å². The van der Waals surface area contributed by atoms with Crippen LogP contribution >= 0.6 is 11.6 Å². The number of hydrogen-bond acceptors (Lipinski definition) is 0. The van der Waals surface area contributed by atoms with Crippen LogP contribution < -0.4 is 0 Å². The van der Waals surface area contributed by atoms with Gasteiger partial charge in [0, 0.05) is 5.88 Å². The molecule has 3 heteroatoms. The van der Waals surface area contributed by atoms with Crippen LogP contribution in [0.5, 0.6) is 0 Å². The number of rotatable bonds is 9. The van der Waals surface area contributed by atoms with Crippen molar-refractivity contribution in [3.05, 3.63) is 11.7 Å². The standard InChI is InChI=1S/C12H21ClF2/c1-2-11(12(14)15)9-7-5-3-4-6-8-10-13/h2-10H2,1H3. The average Bonchev–Trinajstić information content (AvgIpc) is 2.21. The van der Waals surface area contributed by atoms with Gasteiger partial charge < -0.3 is 0 Å². The summed E-state index contributed by atoms with van der Waals surface area (Å²) in [5.41, 5.74) is 0.329. The Hall–Kier alpha value is -0.110. The summed E-state index contributed by atoms with van der Waals surface area (Å²) in [6.45, 7) is 1.79. The van der Waals surface area contributed by atoms with E-state index >= 15 is 0 Å². The maximum atomic E-state index is 12.2. The van der Waals surface area contributed by atoms with Crippen LogP contribution in [0.15, 0.2) is 11.7 Å². The lowest BCUT2D eigenvalue weighted by atomic mass is 10.0. The summed E-state index contributed by atoms with van der Waals surface area (Å²) in [5, 5.41) is 0. The van der Waals surface area contributed by atoms with E-state index in [9.17, 15) is 8.78 Å². The van der Waals surface area contributed by atoms with Crippen LogP contribution in [-0.2, 0) is 0 Å². The molecule has 0 aromatic rings. The lowest BCUT2D eigenvalue weighted by Crippen LogP contribution is -1.86. The molecule has 0 spiro atoms. The van der Waals surface area contributed by atoms with Crippen LogP contribution in [0.2, 0.25) is 0 Å². The first-order valence-electron chi connectivity index (χ1n) is 5.81. The smallest absolute Gasteiger partial charge is 0.173 e. The second-order valence-electron chi connectivity index (χ2n) is 3.78. The molecule has 15 heavy (non-hydrogen) atoms. The van der Waals surface area contributed by atoms with Gasteiger partial charge in [0.15, 0.2) is 0 Å². The monoisotopic (exact) mass is 238 g/mol. The summed E-state index contributed by atoms with van der Waals surface area (Å²) in [4.78, 5) is 0. The number of hydrogen-bond donors (Lipinski definition) is 0. The number of halogens is 3. The second kappa shape index (κ2) is 10.4. The van der Waals surface area contributed by atoms with Crippen molar-refractivity contribution >= 4 is 11.6 Å². The molecule has 0 N–H and O–H groups in total. The third-order valence-electron chi connectivity index (χ3n) is 2.56. The van der Waals surface area contributed by atoms with Gasteiger partial charge in [0.1, 0.15) is 0 Å². The molecule has 0 aliphatic heterocycles. The number of unbranched alkanes of at least 4 members (excludes halogenated alkanes) is 5. The highest BCUT2D eigenvalue weighted by Gasteiger charge is 2.02. The summed E-state index contributed by atoms with van der Waals surface area (Å²) in [7, 11) is 0. The molecule has 0 saturated carbocycles. The molecule has 0 fully saturated rings. The predicted molar refractivity (Wildman–Crippen MR) is 62.6 cm³/mol. The van der Waals surface area contributed by atoms with Crippen LogP contribution in [0, 0.1) is 0 Å². The first kappa shape index (κ1) is 14.9. The Morgan fingerprint density at radius 1 is 0.933 bits per heavy atom. The van der Waals surface area contributed by atoms with Gasteiger partial charge in [0.2, 0.25) is 0 Å². The van der Waals surface area contributed by atoms with Crippen LogP contribution in [0.1, 0.15) is 58.3 Å². The van der Waals surface area contributed by atoms with Gasteiger partial charge in [-0.1, -0.05) is 32.6 Å². The van der Waals surface area contributed by atoms with Gasteiger partial charge in [-0.25, -0.2) is 0 Å². The summed E-state index contributed by atoms with van der Waals surface area (Å²) in [6, 6.07) is 0. The minimum Gasteiger partial charge on any atom is -0.173 e. The molecule has 0 amide bonds. The molecule has 0 rings (SSSR count). The number of allylic oxidation sites excluding steroid dienone is 1. The molecule has 0 aliphatic carbocycles. The minimum absolute atomic E-state index is 0.329. The van der Waals surface area contributed by atoms with E-state index in [0.29, 0.717) is 18.4 Å². The molecule has 0 aromatic heterocycles. The van der Waals surface area contributed by atoms with Gasteiger partial charge in [0.25, 0.3) is 6.08 Å². The van der Waals surface area contributed by atoms with Crippen molar-refractivity contribution in [2.24, 2.45) is 0 Å². The fourth-order valence-electron chi connectivity index (χ4n) is 1.54. The molecule has 0 nitrogen and oxygen atoms in total. The van der Waals surface area contributed by atoms with E-state index in [2.05, 4.69) is 0 Å². The fourth-order valence-corrected chi connectivity index (χ4v) is 1.73. The van der Waals surface area contributed by atoms with Crippen molar-refractivity contribution in [1.29, 1.82) is 0 Å². The lowest BCUT2D eigenvalue weighted by molar-refractivity contribution is 0.402. The van der Waals surface area contributed by atoms with Gasteiger partial charge >= 0.3 is 0 Å². The van der Waals surface area contributed by atoms with Gasteiger partial charge in [-0.3, -0.25) is 0 Å². The van der Waals surface area contributed by atoms with Gasteiger partial charge in [-0.2, -0.15) is 8.78 Å². The van der Waals surface area contributed by atoms with E-state index in [0.717, 1.165) is 38.0 Å². The van der Waals surface area contributed by atoms with E-state index in [4.69, 9.17) is 11.6 Å². The summed E-state index contributed by atoms with van der Waals surface area (Å²) in [6.07, 6.45) is 6.07. The normalized spacial score (nSPS) is 10.4. The van der Waals surface area contributed by atoms with E-state index < -0.39 is 6.08 Å². The van der Waals surface area contributed by atoms with Crippen LogP contribution in [0.3, 0.4) is 0 Å². The summed E-state index contributed by atoms with van der Waals surface area (Å²) < 4.78 is 24.5. The fraction of sp³-hybridized carbons (Fsp3) is 0.833. The quantitative estimate of drug-likeness (QED) is 0.367. The molecule has 0 heterocycles. The molecule has 0 aliphatic rings. The van der Waals surface area contributed by atoms with E-state index in [1.165, 1.54) is 6.42 Å². The Kier molecular flexibility index (Phi) is 10.3. The molecule has 0 saturated heterocycles. The largest absolute Gasteiger partial charge is 0.269 e. The van der Waals surface area contributed by atoms with Gasteiger partial charge in [-0.05, 0) is 31.3 Å². The highest BCUT2D eigenvalue weighted by molar-refractivity contribution is 6.17. The number of alkyl halides is 1. The first-order chi connectivity index (χ1) is 7.22. The lowest BCUT2D eigenvalue weighted by Gasteiger charge is -2.03. The molecule has 0 atom stereocenters. The second-order valence-corrected chi connectivity index (χ2v) is 4.16. The molecule has 0 unspecified atom stereocenters. The van der Waals surface area contributed by atoms with Crippen molar-refractivity contribution in [2.45, 2.75) is 58.3 Å². The Balaban J connectivity index is 3.34. The molecule has 0 radical (unpaired) electrons.